The Labute approximate surface area is 174 Å². The monoisotopic (exact) mass is 448 g/mol. The minimum atomic E-state index is -1.06. The molecule has 5 heteroatoms. The number of halogens is 1. The van der Waals surface area contributed by atoms with E-state index < -0.39 is 11.6 Å². The predicted molar refractivity (Wildman–Crippen MR) is 111 cm³/mol. The van der Waals surface area contributed by atoms with Gasteiger partial charge in [0.15, 0.2) is 5.78 Å². The minimum Gasteiger partial charge on any atom is -0.477 e. The Bertz CT molecular complexity index is 796. The number of carboxylic acid groups (broad SMARTS) is 1. The Morgan fingerprint density at radius 1 is 1.21 bits per heavy atom. The van der Waals surface area contributed by atoms with Crippen LogP contribution >= 0.6 is 15.9 Å². The molecular formula is C23H29BrO4. The molecule has 152 valence electrons. The Morgan fingerprint density at radius 2 is 1.96 bits per heavy atom. The second-order valence-electron chi connectivity index (χ2n) is 9.48. The van der Waals surface area contributed by atoms with Crippen molar-refractivity contribution < 1.29 is 19.8 Å². The van der Waals surface area contributed by atoms with Gasteiger partial charge in [-0.2, -0.15) is 0 Å². The van der Waals surface area contributed by atoms with Crippen LogP contribution in [0.4, 0.5) is 0 Å². The van der Waals surface area contributed by atoms with Crippen molar-refractivity contribution in [2.75, 3.05) is 0 Å². The molecule has 0 aliphatic heterocycles. The van der Waals surface area contributed by atoms with Crippen molar-refractivity contribution in [2.45, 2.75) is 63.9 Å². The van der Waals surface area contributed by atoms with E-state index in [0.717, 1.165) is 38.5 Å². The molecule has 0 aromatic rings. The summed E-state index contributed by atoms with van der Waals surface area (Å²) in [5.41, 5.74) is 0.534. The highest BCUT2D eigenvalue weighted by atomic mass is 79.9. The maximum atomic E-state index is 11.8. The summed E-state index contributed by atoms with van der Waals surface area (Å²) in [5, 5.41) is 20.9. The Balaban J connectivity index is 1.61. The molecule has 0 aromatic heterocycles. The molecule has 0 unspecified atom stereocenters. The van der Waals surface area contributed by atoms with Gasteiger partial charge in [-0.3, -0.25) is 4.79 Å². The van der Waals surface area contributed by atoms with Crippen molar-refractivity contribution in [2.24, 2.45) is 29.1 Å². The molecule has 0 aromatic carbocycles. The molecule has 28 heavy (non-hydrogen) atoms. The van der Waals surface area contributed by atoms with Gasteiger partial charge in [0, 0.05) is 11.8 Å². The fourth-order valence-electron chi connectivity index (χ4n) is 7.06. The molecule has 0 amide bonds. The Kier molecular flexibility index (Phi) is 4.98. The van der Waals surface area contributed by atoms with E-state index in [1.165, 1.54) is 11.6 Å². The summed E-state index contributed by atoms with van der Waals surface area (Å²) < 4.78 is 0.0333. The number of carbonyl (C=O) groups excluding carboxylic acids is 1. The van der Waals surface area contributed by atoms with Gasteiger partial charge in [0.25, 0.3) is 0 Å². The number of allylic oxidation sites excluding steroid dienone is 1. The highest BCUT2D eigenvalue weighted by Crippen LogP contribution is 2.66. The van der Waals surface area contributed by atoms with E-state index in [-0.39, 0.29) is 15.7 Å². The van der Waals surface area contributed by atoms with E-state index in [1.54, 1.807) is 0 Å². The highest BCUT2D eigenvalue weighted by molar-refractivity contribution is 9.12. The van der Waals surface area contributed by atoms with Crippen LogP contribution in [0.3, 0.4) is 0 Å². The summed E-state index contributed by atoms with van der Waals surface area (Å²) in [6.07, 6.45) is 10.7. The summed E-state index contributed by atoms with van der Waals surface area (Å²) in [4.78, 5) is 23.0. The van der Waals surface area contributed by atoms with Crippen LogP contribution in [0.5, 0.6) is 0 Å². The van der Waals surface area contributed by atoms with E-state index in [0.29, 0.717) is 42.1 Å². The van der Waals surface area contributed by atoms with Gasteiger partial charge >= 0.3 is 5.97 Å². The second-order valence-corrected chi connectivity index (χ2v) is 10.3. The number of aliphatic carboxylic acids is 1. The van der Waals surface area contributed by atoms with Crippen molar-refractivity contribution in [3.05, 3.63) is 34.4 Å². The van der Waals surface area contributed by atoms with Crippen LogP contribution < -0.4 is 0 Å². The average Bonchev–Trinajstić information content (AvgIpc) is 2.93. The first-order valence-electron chi connectivity index (χ1n) is 10.4. The van der Waals surface area contributed by atoms with Gasteiger partial charge < -0.3 is 10.2 Å². The molecule has 4 nitrogen and oxygen atoms in total. The normalized spacial score (nSPS) is 42.9. The summed E-state index contributed by atoms with van der Waals surface area (Å²) in [7, 11) is 0. The van der Waals surface area contributed by atoms with Crippen molar-refractivity contribution in [1.82, 2.24) is 0 Å². The maximum Gasteiger partial charge on any atom is 0.342 e. The van der Waals surface area contributed by atoms with E-state index in [2.05, 4.69) is 29.4 Å². The van der Waals surface area contributed by atoms with E-state index in [9.17, 15) is 19.8 Å². The molecule has 0 radical (unpaired) electrons. The summed E-state index contributed by atoms with van der Waals surface area (Å²) in [6.45, 7) is 6.26. The molecule has 4 rings (SSSR count). The molecule has 0 bridgehead atoms. The number of carbonyl (C=O) groups is 2. The molecule has 4 aliphatic rings. The van der Waals surface area contributed by atoms with Crippen molar-refractivity contribution in [1.29, 1.82) is 0 Å². The van der Waals surface area contributed by atoms with E-state index >= 15 is 0 Å². The zero-order valence-electron chi connectivity index (χ0n) is 16.4. The third kappa shape index (κ3) is 2.88. The largest absolute Gasteiger partial charge is 0.477 e. The van der Waals surface area contributed by atoms with Gasteiger partial charge in [0.2, 0.25) is 0 Å². The van der Waals surface area contributed by atoms with E-state index in [1.807, 2.05) is 6.08 Å². The van der Waals surface area contributed by atoms with Gasteiger partial charge in [-0.05, 0) is 102 Å². The Morgan fingerprint density at radius 3 is 2.68 bits per heavy atom. The fourth-order valence-corrected chi connectivity index (χ4v) is 7.33. The van der Waals surface area contributed by atoms with Gasteiger partial charge in [0.05, 0.1) is 5.60 Å². The predicted octanol–water partition coefficient (Wildman–Crippen LogP) is 4.78. The van der Waals surface area contributed by atoms with E-state index in [4.69, 9.17) is 0 Å². The lowest BCUT2D eigenvalue weighted by Crippen LogP contribution is -2.53. The molecule has 4 aliphatic carbocycles. The number of rotatable bonds is 3. The van der Waals surface area contributed by atoms with Crippen LogP contribution in [0.15, 0.2) is 34.4 Å². The third-order valence-electron chi connectivity index (χ3n) is 8.49. The number of fused-ring (bicyclic) bond motifs is 5. The number of aliphatic hydroxyl groups is 1. The van der Waals surface area contributed by atoms with Crippen molar-refractivity contribution in [3.63, 3.8) is 0 Å². The number of hydrogen-bond acceptors (Lipinski definition) is 3. The highest BCUT2D eigenvalue weighted by Gasteiger charge is 2.62. The lowest BCUT2D eigenvalue weighted by atomic mass is 9.50. The zero-order valence-corrected chi connectivity index (χ0v) is 18.0. The fraction of sp³-hybridized carbons (Fsp3) is 0.652. The van der Waals surface area contributed by atoms with Gasteiger partial charge in [-0.25, -0.2) is 4.79 Å². The van der Waals surface area contributed by atoms with Crippen LogP contribution in [0.25, 0.3) is 0 Å². The van der Waals surface area contributed by atoms with Crippen LogP contribution in [0, 0.1) is 29.1 Å². The SMILES string of the molecule is C=C(C=C(Br)C(=O)O)[C@]1(O)CC[C@H]2[C@@H]3CCC4=CC(=O)CC[C@@H]4[C@H]3CC[C@@]21C. The zero-order chi connectivity index (χ0) is 20.3. The summed E-state index contributed by atoms with van der Waals surface area (Å²) in [6, 6.07) is 0. The van der Waals surface area contributed by atoms with Crippen LogP contribution in [0.2, 0.25) is 0 Å². The summed E-state index contributed by atoms with van der Waals surface area (Å²) >= 11 is 3.07. The lowest BCUT2D eigenvalue weighted by molar-refractivity contribution is -0.131. The smallest absolute Gasteiger partial charge is 0.342 e. The lowest BCUT2D eigenvalue weighted by Gasteiger charge is -2.55. The molecule has 0 saturated heterocycles. The molecule has 3 fully saturated rings. The van der Waals surface area contributed by atoms with Crippen molar-refractivity contribution >= 4 is 27.7 Å². The molecular weight excluding hydrogens is 420 g/mol. The number of ketones is 1. The van der Waals surface area contributed by atoms with Gasteiger partial charge in [-0.15, -0.1) is 0 Å². The molecule has 2 N–H and O–H groups in total. The maximum absolute atomic E-state index is 11.8. The molecule has 3 saturated carbocycles. The topological polar surface area (TPSA) is 74.6 Å². The first kappa shape index (κ1) is 20.1. The van der Waals surface area contributed by atoms with Gasteiger partial charge in [0.1, 0.15) is 4.48 Å². The second kappa shape index (κ2) is 6.94. The Hall–Kier alpha value is -1.20. The quantitative estimate of drug-likeness (QED) is 0.481. The van der Waals surface area contributed by atoms with Crippen LogP contribution in [-0.4, -0.2) is 27.6 Å². The van der Waals surface area contributed by atoms with Crippen molar-refractivity contribution in [3.8, 4) is 0 Å². The molecule has 6 atom stereocenters. The first-order chi connectivity index (χ1) is 13.2. The molecule has 0 spiro atoms. The molecule has 0 heterocycles. The first-order valence-corrected chi connectivity index (χ1v) is 11.2. The average molecular weight is 449 g/mol. The minimum absolute atomic E-state index is 0.0333. The third-order valence-corrected chi connectivity index (χ3v) is 9.06. The number of hydrogen-bond donors (Lipinski definition) is 2. The number of carboxylic acids is 1. The van der Waals surface area contributed by atoms with Crippen LogP contribution in [0.1, 0.15) is 58.3 Å². The van der Waals surface area contributed by atoms with Gasteiger partial charge in [-0.1, -0.05) is 19.1 Å². The standard InChI is InChI=1S/C23H29BrO4/c1-13(11-20(24)21(26)27)23(28)10-8-19-18-5-3-14-12-15(25)4-6-16(14)17(18)7-9-22(19,23)2/h11-12,16-19,28H,1,3-10H2,2H3,(H,26,27)/t16-,17+,18+,19-,22-,23+/m0/s1. The van der Waals surface area contributed by atoms with Crippen LogP contribution in [-0.2, 0) is 9.59 Å². The summed E-state index contributed by atoms with van der Waals surface area (Å²) in [5.74, 6) is 1.38.